The minimum atomic E-state index is -0.339. The second-order valence-corrected chi connectivity index (χ2v) is 7.75. The molecule has 11 heteroatoms. The summed E-state index contributed by atoms with van der Waals surface area (Å²) >= 11 is 0. The van der Waals surface area contributed by atoms with Crippen LogP contribution >= 0.6 is 0 Å². The lowest BCUT2D eigenvalue weighted by Gasteiger charge is -2.03. The predicted molar refractivity (Wildman–Crippen MR) is 126 cm³/mol. The van der Waals surface area contributed by atoms with E-state index in [1.54, 1.807) is 6.20 Å². The summed E-state index contributed by atoms with van der Waals surface area (Å²) in [6.07, 6.45) is 8.12. The van der Waals surface area contributed by atoms with Crippen LogP contribution in [-0.4, -0.2) is 51.9 Å². The van der Waals surface area contributed by atoms with E-state index in [2.05, 4.69) is 48.3 Å². The number of nitrogens with one attached hydrogen (secondary N) is 2. The Bertz CT molecular complexity index is 1400. The number of tetrazole rings is 1. The third kappa shape index (κ3) is 4.93. The van der Waals surface area contributed by atoms with E-state index >= 15 is 0 Å². The molecule has 34 heavy (non-hydrogen) atoms. The molecule has 0 unspecified atom stereocenters. The standard InChI is InChI=1S/C23H24N10O/c1-2-33-29-20(28-30-33)10-11-24-23(34)27-21-16-31-14-18(8-9-22(31)26-21)19-12-25-32(15-19)13-17-6-4-3-5-7-17/h3-9,12,14-16H,2,10-11,13H2,1H3,(H2,24,27,34). The summed E-state index contributed by atoms with van der Waals surface area (Å²) in [6.45, 7) is 3.70. The SMILES string of the molecule is CCn1nnc(CCNC(=O)Nc2cn3cc(-c4cnn(Cc5ccccc5)c4)ccc3n2)n1. The van der Waals surface area contributed by atoms with Crippen molar-refractivity contribution in [3.63, 3.8) is 0 Å². The van der Waals surface area contributed by atoms with E-state index in [4.69, 9.17) is 0 Å². The molecule has 1 aromatic carbocycles. The largest absolute Gasteiger partial charge is 0.337 e. The van der Waals surface area contributed by atoms with E-state index in [0.717, 1.165) is 16.8 Å². The molecule has 0 saturated carbocycles. The van der Waals surface area contributed by atoms with Gasteiger partial charge in [-0.05, 0) is 29.8 Å². The first-order valence-corrected chi connectivity index (χ1v) is 11.0. The number of aromatic nitrogens is 8. The summed E-state index contributed by atoms with van der Waals surface area (Å²) in [6, 6.07) is 13.8. The molecular weight excluding hydrogens is 432 g/mol. The molecule has 4 aromatic heterocycles. The first-order chi connectivity index (χ1) is 16.7. The molecule has 0 spiro atoms. The number of carbonyl (C=O) groups is 1. The highest BCUT2D eigenvalue weighted by Gasteiger charge is 2.09. The first-order valence-electron chi connectivity index (χ1n) is 11.0. The summed E-state index contributed by atoms with van der Waals surface area (Å²) in [7, 11) is 0. The van der Waals surface area contributed by atoms with Crippen LogP contribution < -0.4 is 10.6 Å². The molecule has 2 amide bonds. The second kappa shape index (κ2) is 9.53. The number of urea groups is 1. The highest BCUT2D eigenvalue weighted by molar-refractivity contribution is 5.88. The quantitative estimate of drug-likeness (QED) is 0.370. The van der Waals surface area contributed by atoms with E-state index in [9.17, 15) is 4.79 Å². The molecule has 2 N–H and O–H groups in total. The number of nitrogens with zero attached hydrogens (tertiary/aromatic N) is 8. The Hall–Kier alpha value is -4.54. The van der Waals surface area contributed by atoms with E-state index in [0.29, 0.717) is 37.7 Å². The monoisotopic (exact) mass is 456 g/mol. The minimum Gasteiger partial charge on any atom is -0.337 e. The fourth-order valence-corrected chi connectivity index (χ4v) is 3.55. The zero-order chi connectivity index (χ0) is 23.3. The van der Waals surface area contributed by atoms with Crippen LogP contribution in [0.2, 0.25) is 0 Å². The predicted octanol–water partition coefficient (Wildman–Crippen LogP) is 2.62. The van der Waals surface area contributed by atoms with Gasteiger partial charge < -0.3 is 9.72 Å². The number of hydrogen-bond donors (Lipinski definition) is 2. The number of fused-ring (bicyclic) bond motifs is 1. The van der Waals surface area contributed by atoms with Crippen molar-refractivity contribution in [3.05, 3.63) is 78.6 Å². The van der Waals surface area contributed by atoms with Crippen LogP contribution in [0, 0.1) is 0 Å². The Labute approximate surface area is 195 Å². The summed E-state index contributed by atoms with van der Waals surface area (Å²) in [4.78, 5) is 18.2. The first kappa shape index (κ1) is 21.3. The van der Waals surface area contributed by atoms with Crippen LogP contribution in [0.15, 0.2) is 67.3 Å². The number of aryl methyl sites for hydroxylation is 1. The summed E-state index contributed by atoms with van der Waals surface area (Å²) in [5.41, 5.74) is 3.94. The topological polar surface area (TPSA) is 120 Å². The normalized spacial score (nSPS) is 11.1. The smallest absolute Gasteiger partial charge is 0.320 e. The summed E-state index contributed by atoms with van der Waals surface area (Å²) in [5.74, 6) is 1.05. The Morgan fingerprint density at radius 2 is 1.91 bits per heavy atom. The fraction of sp³-hybridized carbons (Fsp3) is 0.217. The lowest BCUT2D eigenvalue weighted by Crippen LogP contribution is -2.30. The van der Waals surface area contributed by atoms with Gasteiger partial charge in [-0.3, -0.25) is 10.00 Å². The molecule has 0 aliphatic heterocycles. The van der Waals surface area contributed by atoms with Gasteiger partial charge in [-0.2, -0.15) is 9.90 Å². The molecule has 11 nitrogen and oxygen atoms in total. The zero-order valence-electron chi connectivity index (χ0n) is 18.7. The number of amides is 2. The summed E-state index contributed by atoms with van der Waals surface area (Å²) in [5, 5.41) is 22.1. The molecule has 0 bridgehead atoms. The van der Waals surface area contributed by atoms with Crippen LogP contribution in [-0.2, 0) is 19.5 Å². The van der Waals surface area contributed by atoms with Gasteiger partial charge in [-0.15, -0.1) is 10.2 Å². The van der Waals surface area contributed by atoms with Crippen molar-refractivity contribution in [1.29, 1.82) is 0 Å². The number of imidazole rings is 1. The number of pyridine rings is 1. The van der Waals surface area contributed by atoms with Crippen molar-refractivity contribution >= 4 is 17.5 Å². The van der Waals surface area contributed by atoms with Crippen molar-refractivity contribution in [2.75, 3.05) is 11.9 Å². The van der Waals surface area contributed by atoms with Crippen LogP contribution in [0.25, 0.3) is 16.8 Å². The highest BCUT2D eigenvalue weighted by atomic mass is 16.2. The molecular formula is C23H24N10O. The number of hydrogen-bond acceptors (Lipinski definition) is 6. The number of anilines is 1. The van der Waals surface area contributed by atoms with Crippen molar-refractivity contribution < 1.29 is 4.79 Å². The highest BCUT2D eigenvalue weighted by Crippen LogP contribution is 2.21. The minimum absolute atomic E-state index is 0.339. The van der Waals surface area contributed by atoms with Gasteiger partial charge in [0.15, 0.2) is 11.6 Å². The summed E-state index contributed by atoms with van der Waals surface area (Å²) < 4.78 is 3.80. The molecule has 0 aliphatic carbocycles. The van der Waals surface area contributed by atoms with E-state index in [-0.39, 0.29) is 6.03 Å². The maximum absolute atomic E-state index is 12.2. The fourth-order valence-electron chi connectivity index (χ4n) is 3.55. The lowest BCUT2D eigenvalue weighted by atomic mass is 10.2. The molecule has 4 heterocycles. The van der Waals surface area contributed by atoms with Crippen molar-refractivity contribution in [3.8, 4) is 11.1 Å². The molecule has 0 fully saturated rings. The molecule has 5 aromatic rings. The average Bonchev–Trinajstić information content (AvgIpc) is 3.58. The maximum atomic E-state index is 12.2. The van der Waals surface area contributed by atoms with Crippen molar-refractivity contribution in [1.82, 2.24) is 44.7 Å². The van der Waals surface area contributed by atoms with Gasteiger partial charge in [-0.1, -0.05) is 30.3 Å². The third-order valence-electron chi connectivity index (χ3n) is 5.26. The average molecular weight is 457 g/mol. The Morgan fingerprint density at radius 3 is 2.74 bits per heavy atom. The van der Waals surface area contributed by atoms with E-state index in [1.165, 1.54) is 10.4 Å². The van der Waals surface area contributed by atoms with Crippen LogP contribution in [0.5, 0.6) is 0 Å². The van der Waals surface area contributed by atoms with E-state index in [1.807, 2.05) is 64.9 Å². The Kier molecular flexibility index (Phi) is 5.97. The van der Waals surface area contributed by atoms with Gasteiger partial charge in [0.05, 0.1) is 25.5 Å². The Morgan fingerprint density at radius 1 is 1.03 bits per heavy atom. The van der Waals surface area contributed by atoms with Crippen molar-refractivity contribution in [2.45, 2.75) is 26.4 Å². The van der Waals surface area contributed by atoms with Gasteiger partial charge in [0.25, 0.3) is 0 Å². The second-order valence-electron chi connectivity index (χ2n) is 7.75. The van der Waals surface area contributed by atoms with Gasteiger partial charge >= 0.3 is 6.03 Å². The van der Waals surface area contributed by atoms with E-state index < -0.39 is 0 Å². The molecule has 0 saturated heterocycles. The van der Waals surface area contributed by atoms with Gasteiger partial charge in [0.2, 0.25) is 0 Å². The molecule has 0 radical (unpaired) electrons. The van der Waals surface area contributed by atoms with Crippen molar-refractivity contribution in [2.24, 2.45) is 0 Å². The van der Waals surface area contributed by atoms with Crippen LogP contribution in [0.1, 0.15) is 18.3 Å². The molecule has 5 rings (SSSR count). The van der Waals surface area contributed by atoms with Crippen LogP contribution in [0.3, 0.4) is 0 Å². The van der Waals surface area contributed by atoms with Crippen LogP contribution in [0.4, 0.5) is 10.6 Å². The number of benzene rings is 1. The number of carbonyl (C=O) groups excluding carboxylic acids is 1. The van der Waals surface area contributed by atoms with Gasteiger partial charge in [-0.25, -0.2) is 9.78 Å². The molecule has 172 valence electrons. The number of rotatable bonds is 8. The van der Waals surface area contributed by atoms with Gasteiger partial charge in [0.1, 0.15) is 5.65 Å². The lowest BCUT2D eigenvalue weighted by molar-refractivity contribution is 0.252. The zero-order valence-corrected chi connectivity index (χ0v) is 18.7. The molecule has 0 aliphatic rings. The Balaban J connectivity index is 1.20. The molecule has 0 atom stereocenters. The maximum Gasteiger partial charge on any atom is 0.320 e. The van der Waals surface area contributed by atoms with Gasteiger partial charge in [0, 0.05) is 36.5 Å². The third-order valence-corrected chi connectivity index (χ3v) is 5.26.